The summed E-state index contributed by atoms with van der Waals surface area (Å²) < 4.78 is 54.8. The van der Waals surface area contributed by atoms with Gasteiger partial charge in [-0.1, -0.05) is 51.0 Å². The van der Waals surface area contributed by atoms with Crippen molar-refractivity contribution in [1.82, 2.24) is 19.6 Å². The lowest BCUT2D eigenvalue weighted by Crippen LogP contribution is -2.47. The highest BCUT2D eigenvalue weighted by atomic mass is 32.2. The third kappa shape index (κ3) is 9.77. The summed E-state index contributed by atoms with van der Waals surface area (Å²) in [5, 5.41) is 3.47. The molecular formula is C49H59FN4O7S2. The average molecular weight is 899 g/mol. The van der Waals surface area contributed by atoms with Gasteiger partial charge >= 0.3 is 0 Å². The van der Waals surface area contributed by atoms with Gasteiger partial charge in [0.2, 0.25) is 21.8 Å². The molecule has 11 nitrogen and oxygen atoms in total. The van der Waals surface area contributed by atoms with Crippen LogP contribution in [-0.2, 0) is 30.8 Å². The molecule has 2 aliphatic carbocycles. The molecule has 5 atom stereocenters. The molecule has 1 aliphatic heterocycles. The van der Waals surface area contributed by atoms with Crippen LogP contribution in [0.1, 0.15) is 108 Å². The van der Waals surface area contributed by atoms with Crippen molar-refractivity contribution in [3.63, 3.8) is 0 Å². The average Bonchev–Trinajstić information content (AvgIpc) is 4.04. The van der Waals surface area contributed by atoms with Gasteiger partial charge in [-0.05, 0) is 100 Å². The summed E-state index contributed by atoms with van der Waals surface area (Å²) in [7, 11) is -2.37. The maximum atomic E-state index is 15.0. The first-order chi connectivity index (χ1) is 30.0. The van der Waals surface area contributed by atoms with E-state index < -0.39 is 55.9 Å². The highest BCUT2D eigenvalue weighted by Crippen LogP contribution is 2.57. The molecule has 0 radical (unpaired) electrons. The third-order valence-corrected chi connectivity index (χ3v) is 16.3. The minimum Gasteiger partial charge on any atom is -0.496 e. The number of pyridine rings is 1. The Labute approximate surface area is 374 Å². The number of hydrogen-bond donors (Lipinski definition) is 1. The lowest BCUT2D eigenvalue weighted by atomic mass is 9.89. The lowest BCUT2D eigenvalue weighted by Gasteiger charge is -2.29. The van der Waals surface area contributed by atoms with Gasteiger partial charge in [0.1, 0.15) is 34.1 Å². The molecule has 0 bridgehead atoms. The summed E-state index contributed by atoms with van der Waals surface area (Å²) in [6, 6.07) is 10.9. The van der Waals surface area contributed by atoms with Crippen LogP contribution in [0, 0.1) is 30.0 Å². The fourth-order valence-electron chi connectivity index (χ4n) is 8.85. The molecule has 3 heterocycles. The van der Waals surface area contributed by atoms with E-state index in [0.717, 1.165) is 47.3 Å². The number of carbonyl (C=O) groups excluding carboxylic acids is 3. The standard InChI is InChI=1S/C49H59FN4O7S2/c1-8-10-11-12-13-16-33(22-32-15-14-17-35(50)23-32)46(56)54-28-36(24-40(54)41(55)27-49(26-34(49)9-2)47(57)53-63(58,59)48(6)20-21-48)61-43-25-38(45-52-39(29-62-45)30(3)4)51-44-31(5)42(60-7)19-18-37(43)44/h8-9,14-15,17-19,23,25,29-30,33-34,36,40H,1-2,10-13,16,20-22,24,26-28H2,3-7H3,(H,53,57)/t33-,34-,36-,40+,49-/m1/s1. The number of halogens is 1. The number of rotatable bonds is 21. The Morgan fingerprint density at radius 2 is 1.86 bits per heavy atom. The molecule has 2 amide bonds. The van der Waals surface area contributed by atoms with E-state index in [4.69, 9.17) is 19.4 Å². The monoisotopic (exact) mass is 898 g/mol. The van der Waals surface area contributed by atoms with Gasteiger partial charge in [0, 0.05) is 41.2 Å². The zero-order valence-corrected chi connectivity index (χ0v) is 38.6. The number of carbonyl (C=O) groups is 3. The van der Waals surface area contributed by atoms with Gasteiger partial charge in [-0.2, -0.15) is 0 Å². The van der Waals surface area contributed by atoms with Crippen LogP contribution in [0.2, 0.25) is 0 Å². The first kappa shape index (κ1) is 46.1. The molecule has 2 saturated carbocycles. The molecule has 3 fully saturated rings. The predicted octanol–water partition coefficient (Wildman–Crippen LogP) is 9.43. The predicted molar refractivity (Wildman–Crippen MR) is 245 cm³/mol. The van der Waals surface area contributed by atoms with Gasteiger partial charge in [0.25, 0.3) is 0 Å². The lowest BCUT2D eigenvalue weighted by molar-refractivity contribution is -0.142. The van der Waals surface area contributed by atoms with Crippen molar-refractivity contribution in [2.45, 2.75) is 121 Å². The molecule has 336 valence electrons. The molecule has 3 aliphatic rings. The van der Waals surface area contributed by atoms with Crippen molar-refractivity contribution >= 4 is 49.9 Å². The number of thiazole rings is 1. The number of likely N-dealkylation sites (tertiary alicyclic amines) is 1. The van der Waals surface area contributed by atoms with Gasteiger partial charge < -0.3 is 14.4 Å². The Morgan fingerprint density at radius 1 is 1.08 bits per heavy atom. The van der Waals surface area contributed by atoms with Crippen molar-refractivity contribution < 1.29 is 36.7 Å². The summed E-state index contributed by atoms with van der Waals surface area (Å²) >= 11 is 1.49. The number of nitrogens with zero attached hydrogens (tertiary/aromatic N) is 3. The first-order valence-corrected chi connectivity index (χ1v) is 24.4. The number of fused-ring (bicyclic) bond motifs is 1. The van der Waals surface area contributed by atoms with Crippen LogP contribution >= 0.6 is 11.3 Å². The van der Waals surface area contributed by atoms with Crippen LogP contribution in [0.15, 0.2) is 73.2 Å². The quantitative estimate of drug-likeness (QED) is 0.0639. The Balaban J connectivity index is 1.24. The second-order valence-corrected chi connectivity index (χ2v) is 21.3. The highest BCUT2D eigenvalue weighted by molar-refractivity contribution is 7.91. The molecule has 2 aromatic carbocycles. The van der Waals surface area contributed by atoms with Crippen LogP contribution in [-0.4, -0.2) is 71.4 Å². The van der Waals surface area contributed by atoms with E-state index in [2.05, 4.69) is 31.7 Å². The number of benzene rings is 2. The van der Waals surface area contributed by atoms with E-state index in [1.807, 2.05) is 36.6 Å². The number of methoxy groups -OCH3 is 1. The van der Waals surface area contributed by atoms with Gasteiger partial charge in [-0.3, -0.25) is 19.1 Å². The summed E-state index contributed by atoms with van der Waals surface area (Å²) in [5.41, 5.74) is 2.40. The topological polar surface area (TPSA) is 145 Å². The van der Waals surface area contributed by atoms with Crippen LogP contribution in [0.4, 0.5) is 4.39 Å². The largest absolute Gasteiger partial charge is 0.496 e. The number of ketones is 1. The van der Waals surface area contributed by atoms with Gasteiger partial charge in [-0.25, -0.2) is 22.8 Å². The second kappa shape index (κ2) is 18.6. The summed E-state index contributed by atoms with van der Waals surface area (Å²) in [6.45, 7) is 15.5. The van der Waals surface area contributed by atoms with Gasteiger partial charge in [0.05, 0.1) is 41.1 Å². The van der Waals surface area contributed by atoms with Gasteiger partial charge in [-0.15, -0.1) is 24.5 Å². The van der Waals surface area contributed by atoms with Crippen LogP contribution < -0.4 is 14.2 Å². The number of ether oxygens (including phenoxy) is 2. The third-order valence-electron chi connectivity index (χ3n) is 13.3. The molecule has 1 saturated heterocycles. The van der Waals surface area contributed by atoms with E-state index in [9.17, 15) is 22.4 Å². The summed E-state index contributed by atoms with van der Waals surface area (Å²) in [4.78, 5) is 55.3. The molecule has 1 N–H and O–H groups in total. The zero-order valence-electron chi connectivity index (χ0n) is 37.0. The maximum absolute atomic E-state index is 15.0. The number of Topliss-reactive ketones (excluding diaryl/α,β-unsaturated/α-hetero) is 1. The molecule has 2 aromatic heterocycles. The minimum atomic E-state index is -3.97. The highest BCUT2D eigenvalue weighted by Gasteiger charge is 2.62. The smallest absolute Gasteiger partial charge is 0.240 e. The SMILES string of the molecule is C=CCCCCC[C@H](Cc1cccc(F)c1)C(=O)N1C[C@H](Oc2cc(-c3nc(C(C)C)cs3)nc3c(C)c(OC)ccc23)C[C@H]1C(=O)C[C@]1(C(=O)NS(=O)(=O)C2(C)CC2)C[C@H]1C=C. The number of aryl methyl sites for hydroxylation is 1. The zero-order chi connectivity index (χ0) is 45.3. The van der Waals surface area contributed by atoms with Crippen LogP contribution in [0.5, 0.6) is 11.5 Å². The van der Waals surface area contributed by atoms with E-state index in [1.165, 1.54) is 23.5 Å². The number of aromatic nitrogens is 2. The second-order valence-electron chi connectivity index (χ2n) is 18.2. The normalized spacial score (nSPS) is 21.8. The molecule has 4 aromatic rings. The van der Waals surface area contributed by atoms with Crippen molar-refractivity contribution in [2.24, 2.45) is 17.3 Å². The van der Waals surface area contributed by atoms with Crippen molar-refractivity contribution in [3.05, 3.63) is 95.8 Å². The Hall–Kier alpha value is -4.95. The molecule has 63 heavy (non-hydrogen) atoms. The van der Waals surface area contributed by atoms with Gasteiger partial charge in [0.15, 0.2) is 5.78 Å². The molecule has 7 rings (SSSR count). The number of allylic oxidation sites excluding steroid dienone is 2. The van der Waals surface area contributed by atoms with Crippen molar-refractivity contribution in [2.75, 3.05) is 13.7 Å². The minimum absolute atomic E-state index is 0.0746. The number of amides is 2. The number of nitrogens with one attached hydrogen (secondary N) is 1. The van der Waals surface area contributed by atoms with Crippen LogP contribution in [0.3, 0.4) is 0 Å². The van der Waals surface area contributed by atoms with E-state index in [-0.39, 0.29) is 49.8 Å². The Kier molecular flexibility index (Phi) is 13.6. The fourth-order valence-corrected chi connectivity index (χ4v) is 11.1. The molecule has 0 spiro atoms. The van der Waals surface area contributed by atoms with E-state index in [0.29, 0.717) is 47.5 Å². The number of hydrogen-bond acceptors (Lipinski definition) is 10. The molecular weight excluding hydrogens is 840 g/mol. The number of unbranched alkanes of at least 4 members (excludes halogenated alkanes) is 3. The summed E-state index contributed by atoms with van der Waals surface area (Å²) in [5.74, 6) is -1.33. The summed E-state index contributed by atoms with van der Waals surface area (Å²) in [6.07, 6.45) is 8.00. The van der Waals surface area contributed by atoms with E-state index >= 15 is 4.79 Å². The van der Waals surface area contributed by atoms with Crippen molar-refractivity contribution in [1.29, 1.82) is 0 Å². The Morgan fingerprint density at radius 3 is 2.51 bits per heavy atom. The molecule has 0 unspecified atom stereocenters. The number of sulfonamides is 1. The van der Waals surface area contributed by atoms with Crippen molar-refractivity contribution in [3.8, 4) is 22.2 Å². The first-order valence-electron chi connectivity index (χ1n) is 22.0. The molecule has 14 heteroatoms. The maximum Gasteiger partial charge on any atom is 0.240 e. The van der Waals surface area contributed by atoms with Crippen LogP contribution in [0.25, 0.3) is 21.6 Å². The Bertz CT molecular complexity index is 2520. The van der Waals surface area contributed by atoms with E-state index in [1.54, 1.807) is 37.1 Å². The fraction of sp³-hybridized carbons (Fsp3) is 0.490.